The molecule has 0 bridgehead atoms. The fraction of sp³-hybridized carbons (Fsp3) is 0.250. The highest BCUT2D eigenvalue weighted by Gasteiger charge is 2.09. The van der Waals surface area contributed by atoms with Gasteiger partial charge in [-0.25, -0.2) is 0 Å². The Morgan fingerprint density at radius 1 is 1.62 bits per heavy atom. The van der Waals surface area contributed by atoms with E-state index in [0.29, 0.717) is 5.56 Å². The highest BCUT2D eigenvalue weighted by atomic mass is 16.4. The minimum Gasteiger partial charge on any atom is -0.481 e. The van der Waals surface area contributed by atoms with Crippen molar-refractivity contribution in [3.05, 3.63) is 34.2 Å². The maximum Gasteiger partial charge on any atom is 0.305 e. The molecular formula is C8H10N2O3. The van der Waals surface area contributed by atoms with Crippen LogP contribution in [0.1, 0.15) is 18.0 Å². The van der Waals surface area contributed by atoms with Crippen molar-refractivity contribution < 1.29 is 9.90 Å². The van der Waals surface area contributed by atoms with E-state index in [1.807, 2.05) is 0 Å². The van der Waals surface area contributed by atoms with Crippen LogP contribution in [0.15, 0.2) is 23.1 Å². The molecule has 13 heavy (non-hydrogen) atoms. The van der Waals surface area contributed by atoms with E-state index in [1.165, 1.54) is 18.3 Å². The van der Waals surface area contributed by atoms with Crippen molar-refractivity contribution in [1.82, 2.24) is 4.98 Å². The van der Waals surface area contributed by atoms with Crippen molar-refractivity contribution in [2.75, 3.05) is 0 Å². The van der Waals surface area contributed by atoms with Crippen molar-refractivity contribution >= 4 is 5.97 Å². The molecule has 0 aliphatic carbocycles. The molecule has 0 saturated heterocycles. The lowest BCUT2D eigenvalue weighted by Gasteiger charge is -2.07. The molecule has 0 aliphatic heterocycles. The minimum absolute atomic E-state index is 0.147. The van der Waals surface area contributed by atoms with Crippen LogP contribution < -0.4 is 11.3 Å². The number of carboxylic acid groups (broad SMARTS) is 1. The first-order valence-electron chi connectivity index (χ1n) is 3.75. The number of hydrogen-bond acceptors (Lipinski definition) is 3. The van der Waals surface area contributed by atoms with Crippen molar-refractivity contribution in [3.63, 3.8) is 0 Å². The molecule has 0 saturated carbocycles. The second-order valence-electron chi connectivity index (χ2n) is 2.69. The highest BCUT2D eigenvalue weighted by Crippen LogP contribution is 2.10. The molecule has 1 rings (SSSR count). The number of aromatic amines is 1. The van der Waals surface area contributed by atoms with Gasteiger partial charge in [0.2, 0.25) is 5.56 Å². The summed E-state index contributed by atoms with van der Waals surface area (Å²) in [6.07, 6.45) is 1.28. The predicted octanol–water partition coefficient (Wildman–Crippen LogP) is -0.151. The zero-order valence-electron chi connectivity index (χ0n) is 6.86. The SMILES string of the molecule is N[C@@H](CC(=O)O)c1ccc(=O)[nH]c1. The van der Waals surface area contributed by atoms with Gasteiger partial charge >= 0.3 is 5.97 Å². The maximum absolute atomic E-state index is 10.7. The molecule has 0 aromatic carbocycles. The second-order valence-corrected chi connectivity index (χ2v) is 2.69. The number of nitrogens with two attached hydrogens (primary N) is 1. The van der Waals surface area contributed by atoms with Gasteiger partial charge in [0.05, 0.1) is 6.42 Å². The van der Waals surface area contributed by atoms with Gasteiger partial charge < -0.3 is 15.8 Å². The lowest BCUT2D eigenvalue weighted by Crippen LogP contribution is -2.16. The van der Waals surface area contributed by atoms with Crippen LogP contribution in [-0.4, -0.2) is 16.1 Å². The third kappa shape index (κ3) is 2.72. The molecule has 4 N–H and O–H groups in total. The van der Waals surface area contributed by atoms with Gasteiger partial charge in [0.15, 0.2) is 0 Å². The van der Waals surface area contributed by atoms with Crippen LogP contribution in [0.2, 0.25) is 0 Å². The Hall–Kier alpha value is -1.62. The molecule has 5 heteroatoms. The van der Waals surface area contributed by atoms with Gasteiger partial charge in [0.1, 0.15) is 0 Å². The van der Waals surface area contributed by atoms with Gasteiger partial charge in [-0.15, -0.1) is 0 Å². The average Bonchev–Trinajstić information content (AvgIpc) is 2.04. The zero-order valence-corrected chi connectivity index (χ0v) is 6.86. The third-order valence-corrected chi connectivity index (χ3v) is 1.63. The fourth-order valence-corrected chi connectivity index (χ4v) is 0.959. The fourth-order valence-electron chi connectivity index (χ4n) is 0.959. The smallest absolute Gasteiger partial charge is 0.305 e. The van der Waals surface area contributed by atoms with Crippen LogP contribution >= 0.6 is 0 Å². The summed E-state index contributed by atoms with van der Waals surface area (Å²) in [6.45, 7) is 0. The van der Waals surface area contributed by atoms with Gasteiger partial charge in [-0.3, -0.25) is 9.59 Å². The maximum atomic E-state index is 10.7. The Labute approximate surface area is 74.2 Å². The minimum atomic E-state index is -0.960. The molecule has 1 heterocycles. The average molecular weight is 182 g/mol. The summed E-state index contributed by atoms with van der Waals surface area (Å²) in [5.74, 6) is -0.960. The number of H-pyrrole nitrogens is 1. The van der Waals surface area contributed by atoms with Gasteiger partial charge in [0.25, 0.3) is 0 Å². The quantitative estimate of drug-likeness (QED) is 0.605. The van der Waals surface area contributed by atoms with Crippen molar-refractivity contribution in [2.24, 2.45) is 5.73 Å². The van der Waals surface area contributed by atoms with Gasteiger partial charge in [0, 0.05) is 18.3 Å². The molecule has 0 unspecified atom stereocenters. The molecule has 5 nitrogen and oxygen atoms in total. The van der Waals surface area contributed by atoms with E-state index in [2.05, 4.69) is 4.98 Å². The van der Waals surface area contributed by atoms with Crippen LogP contribution in [0.4, 0.5) is 0 Å². The summed E-state index contributed by atoms with van der Waals surface area (Å²) < 4.78 is 0. The van der Waals surface area contributed by atoms with Crippen molar-refractivity contribution in [3.8, 4) is 0 Å². The van der Waals surface area contributed by atoms with Gasteiger partial charge in [-0.05, 0) is 5.56 Å². The Morgan fingerprint density at radius 3 is 2.77 bits per heavy atom. The Bertz CT molecular complexity index is 338. The number of rotatable bonds is 3. The lowest BCUT2D eigenvalue weighted by molar-refractivity contribution is -0.137. The van der Waals surface area contributed by atoms with E-state index in [-0.39, 0.29) is 12.0 Å². The monoisotopic (exact) mass is 182 g/mol. The van der Waals surface area contributed by atoms with Gasteiger partial charge in [-0.1, -0.05) is 6.07 Å². The zero-order chi connectivity index (χ0) is 9.84. The lowest BCUT2D eigenvalue weighted by atomic mass is 10.1. The van der Waals surface area contributed by atoms with Crippen LogP contribution in [0.3, 0.4) is 0 Å². The number of nitrogens with one attached hydrogen (secondary N) is 1. The van der Waals surface area contributed by atoms with Crippen molar-refractivity contribution in [2.45, 2.75) is 12.5 Å². The molecular weight excluding hydrogens is 172 g/mol. The van der Waals surface area contributed by atoms with Crippen LogP contribution in [0, 0.1) is 0 Å². The third-order valence-electron chi connectivity index (χ3n) is 1.63. The number of hydrogen-bond donors (Lipinski definition) is 3. The van der Waals surface area contributed by atoms with Crippen LogP contribution in [0.25, 0.3) is 0 Å². The molecule has 70 valence electrons. The Morgan fingerprint density at radius 2 is 2.31 bits per heavy atom. The van der Waals surface area contributed by atoms with Crippen LogP contribution in [-0.2, 0) is 4.79 Å². The predicted molar refractivity (Wildman–Crippen MR) is 46.2 cm³/mol. The molecule has 1 atom stereocenters. The number of carboxylic acids is 1. The Kier molecular flexibility index (Phi) is 2.81. The van der Waals surface area contributed by atoms with E-state index in [0.717, 1.165) is 0 Å². The second kappa shape index (κ2) is 3.86. The van der Waals surface area contributed by atoms with Crippen molar-refractivity contribution in [1.29, 1.82) is 0 Å². The summed E-state index contributed by atoms with van der Waals surface area (Å²) in [5, 5.41) is 8.45. The number of aliphatic carboxylic acids is 1. The molecule has 0 radical (unpaired) electrons. The number of carbonyl (C=O) groups is 1. The normalized spacial score (nSPS) is 12.4. The van der Waals surface area contributed by atoms with Crippen LogP contribution in [0.5, 0.6) is 0 Å². The molecule has 1 aromatic rings. The van der Waals surface area contributed by atoms with Gasteiger partial charge in [-0.2, -0.15) is 0 Å². The molecule has 0 amide bonds. The molecule has 0 aliphatic rings. The summed E-state index contributed by atoms with van der Waals surface area (Å²) in [7, 11) is 0. The first-order valence-corrected chi connectivity index (χ1v) is 3.75. The van der Waals surface area contributed by atoms with E-state index in [4.69, 9.17) is 10.8 Å². The summed E-state index contributed by atoms with van der Waals surface area (Å²) in [5.41, 5.74) is 5.93. The summed E-state index contributed by atoms with van der Waals surface area (Å²) in [6, 6.07) is 2.26. The summed E-state index contributed by atoms with van der Waals surface area (Å²) >= 11 is 0. The molecule has 0 fully saturated rings. The van der Waals surface area contributed by atoms with E-state index < -0.39 is 12.0 Å². The highest BCUT2D eigenvalue weighted by molar-refractivity contribution is 5.67. The number of aromatic nitrogens is 1. The Balaban J connectivity index is 2.77. The largest absolute Gasteiger partial charge is 0.481 e. The first-order chi connectivity index (χ1) is 6.09. The molecule has 1 aromatic heterocycles. The van der Waals surface area contributed by atoms with E-state index >= 15 is 0 Å². The molecule has 0 spiro atoms. The van der Waals surface area contributed by atoms with E-state index in [9.17, 15) is 9.59 Å². The van der Waals surface area contributed by atoms with E-state index in [1.54, 1.807) is 0 Å². The first kappa shape index (κ1) is 9.47. The number of pyridine rings is 1. The standard InChI is InChI=1S/C8H10N2O3/c9-6(3-8(12)13)5-1-2-7(11)10-4-5/h1-2,4,6H,3,9H2,(H,10,11)(H,12,13)/t6-/m0/s1. The topological polar surface area (TPSA) is 96.2 Å². The summed E-state index contributed by atoms with van der Waals surface area (Å²) in [4.78, 5) is 23.4.